The van der Waals surface area contributed by atoms with Gasteiger partial charge in [0.25, 0.3) is 0 Å². The molecule has 0 saturated carbocycles. The maximum atomic E-state index is 11.4. The molecular formula is C16H19N3O3S. The van der Waals surface area contributed by atoms with E-state index in [1.165, 1.54) is 11.3 Å². The van der Waals surface area contributed by atoms with Crippen LogP contribution in [0.15, 0.2) is 22.6 Å². The SMILES string of the molecule is CCOC(=O)Cc1csc(NN=Cc2cc(C)c(O)c(C)c2)n1. The molecule has 0 atom stereocenters. The van der Waals surface area contributed by atoms with Crippen molar-refractivity contribution in [1.82, 2.24) is 4.98 Å². The van der Waals surface area contributed by atoms with Crippen LogP contribution in [-0.4, -0.2) is 28.9 Å². The Balaban J connectivity index is 1.96. The average molecular weight is 333 g/mol. The number of aromatic nitrogens is 1. The summed E-state index contributed by atoms with van der Waals surface area (Å²) in [7, 11) is 0. The number of phenolic OH excluding ortho intramolecular Hbond substituents is 1. The third-order valence-electron chi connectivity index (χ3n) is 3.07. The van der Waals surface area contributed by atoms with E-state index in [4.69, 9.17) is 4.74 Å². The van der Waals surface area contributed by atoms with Gasteiger partial charge in [0.05, 0.1) is 24.9 Å². The molecule has 0 fully saturated rings. The minimum absolute atomic E-state index is 0.159. The van der Waals surface area contributed by atoms with Gasteiger partial charge in [-0.15, -0.1) is 11.3 Å². The van der Waals surface area contributed by atoms with Crippen LogP contribution in [0.1, 0.15) is 29.3 Å². The van der Waals surface area contributed by atoms with Gasteiger partial charge < -0.3 is 9.84 Å². The molecule has 2 N–H and O–H groups in total. The van der Waals surface area contributed by atoms with E-state index >= 15 is 0 Å². The Morgan fingerprint density at radius 2 is 2.13 bits per heavy atom. The number of benzene rings is 1. The molecule has 122 valence electrons. The molecule has 1 aromatic carbocycles. The number of hydrogen-bond acceptors (Lipinski definition) is 7. The summed E-state index contributed by atoms with van der Waals surface area (Å²) in [5.41, 5.74) is 5.98. The second-order valence-corrected chi connectivity index (χ2v) is 5.86. The molecule has 0 aliphatic heterocycles. The zero-order chi connectivity index (χ0) is 16.8. The first-order valence-electron chi connectivity index (χ1n) is 7.19. The number of carbonyl (C=O) groups excluding carboxylic acids is 1. The number of nitrogens with zero attached hydrogens (tertiary/aromatic N) is 2. The molecule has 23 heavy (non-hydrogen) atoms. The molecule has 0 spiro atoms. The van der Waals surface area contributed by atoms with Crippen molar-refractivity contribution in [2.45, 2.75) is 27.2 Å². The second kappa shape index (κ2) is 7.73. The lowest BCUT2D eigenvalue weighted by Crippen LogP contribution is -2.07. The van der Waals surface area contributed by atoms with E-state index in [9.17, 15) is 9.90 Å². The van der Waals surface area contributed by atoms with E-state index < -0.39 is 0 Å². The van der Waals surface area contributed by atoms with Crippen LogP contribution in [0.4, 0.5) is 5.13 Å². The normalized spacial score (nSPS) is 10.9. The summed E-state index contributed by atoms with van der Waals surface area (Å²) in [6.07, 6.45) is 1.82. The van der Waals surface area contributed by atoms with Crippen molar-refractivity contribution in [3.63, 3.8) is 0 Å². The summed E-state index contributed by atoms with van der Waals surface area (Å²) in [5, 5.41) is 16.3. The Morgan fingerprint density at radius 1 is 1.43 bits per heavy atom. The quantitative estimate of drug-likeness (QED) is 0.482. The molecule has 6 nitrogen and oxygen atoms in total. The molecule has 1 heterocycles. The summed E-state index contributed by atoms with van der Waals surface area (Å²) in [6.45, 7) is 5.82. The van der Waals surface area contributed by atoms with Crippen LogP contribution < -0.4 is 5.43 Å². The summed E-state index contributed by atoms with van der Waals surface area (Å²) in [6, 6.07) is 3.70. The first kappa shape index (κ1) is 17.0. The maximum Gasteiger partial charge on any atom is 0.311 e. The highest BCUT2D eigenvalue weighted by molar-refractivity contribution is 7.13. The Labute approximate surface area is 138 Å². The van der Waals surface area contributed by atoms with Crippen molar-refractivity contribution < 1.29 is 14.6 Å². The van der Waals surface area contributed by atoms with Crippen molar-refractivity contribution in [3.05, 3.63) is 39.9 Å². The van der Waals surface area contributed by atoms with Gasteiger partial charge in [0.15, 0.2) is 0 Å². The molecule has 2 aromatic rings. The Kier molecular flexibility index (Phi) is 5.70. The highest BCUT2D eigenvalue weighted by Crippen LogP contribution is 2.22. The number of hydrazone groups is 1. The van der Waals surface area contributed by atoms with Crippen LogP contribution in [0, 0.1) is 13.8 Å². The van der Waals surface area contributed by atoms with Gasteiger partial charge >= 0.3 is 5.97 Å². The topological polar surface area (TPSA) is 83.8 Å². The van der Waals surface area contributed by atoms with Crippen LogP contribution in [0.2, 0.25) is 0 Å². The Morgan fingerprint density at radius 3 is 2.78 bits per heavy atom. The minimum Gasteiger partial charge on any atom is -0.507 e. The van der Waals surface area contributed by atoms with Crippen molar-refractivity contribution in [2.24, 2.45) is 5.10 Å². The fourth-order valence-electron chi connectivity index (χ4n) is 2.03. The number of phenols is 1. The van der Waals surface area contributed by atoms with Gasteiger partial charge in [0.2, 0.25) is 5.13 Å². The van der Waals surface area contributed by atoms with Crippen molar-refractivity contribution in [3.8, 4) is 5.75 Å². The highest BCUT2D eigenvalue weighted by atomic mass is 32.1. The number of thiazole rings is 1. The molecule has 0 aliphatic rings. The number of carbonyl (C=O) groups is 1. The van der Waals surface area contributed by atoms with Gasteiger partial charge in [0, 0.05) is 5.38 Å². The number of aromatic hydroxyl groups is 1. The zero-order valence-electron chi connectivity index (χ0n) is 13.3. The monoisotopic (exact) mass is 333 g/mol. The van der Waals surface area contributed by atoms with E-state index in [0.29, 0.717) is 23.2 Å². The first-order chi connectivity index (χ1) is 11.0. The Hall–Kier alpha value is -2.41. The van der Waals surface area contributed by atoms with Gasteiger partial charge in [-0.05, 0) is 49.6 Å². The third kappa shape index (κ3) is 4.79. The molecule has 2 rings (SSSR count). The van der Waals surface area contributed by atoms with Crippen LogP contribution in [-0.2, 0) is 16.0 Å². The lowest BCUT2D eigenvalue weighted by atomic mass is 10.1. The first-order valence-corrected chi connectivity index (χ1v) is 8.07. The molecule has 0 unspecified atom stereocenters. The van der Waals surface area contributed by atoms with Gasteiger partial charge in [-0.1, -0.05) is 0 Å². The highest BCUT2D eigenvalue weighted by Gasteiger charge is 2.08. The number of hydrogen-bond donors (Lipinski definition) is 2. The van der Waals surface area contributed by atoms with Gasteiger partial charge in [-0.25, -0.2) is 4.98 Å². The smallest absolute Gasteiger partial charge is 0.311 e. The molecule has 0 bridgehead atoms. The lowest BCUT2D eigenvalue weighted by molar-refractivity contribution is -0.142. The summed E-state index contributed by atoms with van der Waals surface area (Å²) < 4.78 is 4.88. The van der Waals surface area contributed by atoms with Gasteiger partial charge in [0.1, 0.15) is 5.75 Å². The standard InChI is InChI=1S/C16H19N3O3S/c1-4-22-14(20)7-13-9-23-16(18-13)19-17-8-12-5-10(2)15(21)11(3)6-12/h5-6,8-9,21H,4,7H2,1-3H3,(H,18,19). The number of aryl methyl sites for hydroxylation is 2. The molecule has 0 amide bonds. The molecule has 0 radical (unpaired) electrons. The second-order valence-electron chi connectivity index (χ2n) is 5.00. The van der Waals surface area contributed by atoms with E-state index in [1.54, 1.807) is 18.5 Å². The maximum absolute atomic E-state index is 11.4. The largest absolute Gasteiger partial charge is 0.507 e. The zero-order valence-corrected chi connectivity index (χ0v) is 14.1. The number of nitrogens with one attached hydrogen (secondary N) is 1. The fourth-order valence-corrected chi connectivity index (χ4v) is 2.68. The van der Waals surface area contributed by atoms with Crippen molar-refractivity contribution >= 4 is 28.7 Å². The van der Waals surface area contributed by atoms with Crippen LogP contribution in [0.5, 0.6) is 5.75 Å². The number of anilines is 1. The fraction of sp³-hybridized carbons (Fsp3) is 0.312. The van der Waals surface area contributed by atoms with Gasteiger partial charge in [-0.3, -0.25) is 10.2 Å². The lowest BCUT2D eigenvalue weighted by Gasteiger charge is -2.04. The van der Waals surface area contributed by atoms with E-state index in [1.807, 2.05) is 26.0 Å². The van der Waals surface area contributed by atoms with E-state index in [0.717, 1.165) is 16.7 Å². The summed E-state index contributed by atoms with van der Waals surface area (Å²) in [4.78, 5) is 15.6. The summed E-state index contributed by atoms with van der Waals surface area (Å²) >= 11 is 1.37. The van der Waals surface area contributed by atoms with Crippen molar-refractivity contribution in [2.75, 3.05) is 12.0 Å². The molecule has 7 heteroatoms. The average Bonchev–Trinajstić information content (AvgIpc) is 2.92. The van der Waals surface area contributed by atoms with E-state index in [2.05, 4.69) is 15.5 Å². The number of esters is 1. The number of rotatable bonds is 6. The number of ether oxygens (including phenoxy) is 1. The van der Waals surface area contributed by atoms with Crippen molar-refractivity contribution in [1.29, 1.82) is 0 Å². The van der Waals surface area contributed by atoms with Crippen LogP contribution in [0.3, 0.4) is 0 Å². The van der Waals surface area contributed by atoms with Crippen LogP contribution in [0.25, 0.3) is 0 Å². The molecule has 0 aliphatic carbocycles. The molecule has 0 saturated heterocycles. The predicted octanol–water partition coefficient (Wildman–Crippen LogP) is 3.02. The summed E-state index contributed by atoms with van der Waals surface area (Å²) in [5.74, 6) is 0.0153. The Bertz CT molecular complexity index is 702. The van der Waals surface area contributed by atoms with Crippen LogP contribution >= 0.6 is 11.3 Å². The molecular weight excluding hydrogens is 314 g/mol. The van der Waals surface area contributed by atoms with Gasteiger partial charge in [-0.2, -0.15) is 5.10 Å². The third-order valence-corrected chi connectivity index (χ3v) is 3.87. The minimum atomic E-state index is -0.289. The molecule has 1 aromatic heterocycles. The van der Waals surface area contributed by atoms with E-state index in [-0.39, 0.29) is 12.4 Å². The predicted molar refractivity (Wildman–Crippen MR) is 91.2 cm³/mol.